The molecule has 24 heavy (non-hydrogen) atoms. The molecule has 1 amide bonds. The molecule has 6 nitrogen and oxygen atoms in total. The molecule has 3 rings (SSSR count). The maximum absolute atomic E-state index is 14.2. The molecule has 3 N–H and O–H groups in total. The molecule has 0 unspecified atom stereocenters. The molecule has 0 bridgehead atoms. The summed E-state index contributed by atoms with van der Waals surface area (Å²) in [6.07, 6.45) is 2.04. The SMILES string of the molecule is NS(=O)(=O)c1cc(C(=O)Nc2c(F)cccc2N2CCCC2)cs1. The van der Waals surface area contributed by atoms with Gasteiger partial charge < -0.3 is 10.2 Å². The molecule has 1 fully saturated rings. The first kappa shape index (κ1) is 16.9. The van der Waals surface area contributed by atoms with Crippen LogP contribution in [0.3, 0.4) is 0 Å². The van der Waals surface area contributed by atoms with Gasteiger partial charge in [0.15, 0.2) is 0 Å². The Bertz CT molecular complexity index is 874. The van der Waals surface area contributed by atoms with Crippen LogP contribution >= 0.6 is 11.3 Å². The second-order valence-corrected chi connectivity index (χ2v) is 8.18. The molecule has 1 aromatic carbocycles. The first-order valence-electron chi connectivity index (χ1n) is 7.32. The third-order valence-electron chi connectivity index (χ3n) is 3.79. The number of carbonyl (C=O) groups excluding carboxylic acids is 1. The minimum absolute atomic E-state index is 0.104. The zero-order chi connectivity index (χ0) is 17.3. The van der Waals surface area contributed by atoms with Gasteiger partial charge in [0.1, 0.15) is 15.7 Å². The first-order chi connectivity index (χ1) is 11.4. The highest BCUT2D eigenvalue weighted by atomic mass is 32.2. The molecule has 0 atom stereocenters. The lowest BCUT2D eigenvalue weighted by Crippen LogP contribution is -2.21. The normalized spacial score (nSPS) is 14.8. The van der Waals surface area contributed by atoms with Crippen LogP contribution in [0.1, 0.15) is 23.2 Å². The first-order valence-corrected chi connectivity index (χ1v) is 9.75. The number of amides is 1. The summed E-state index contributed by atoms with van der Waals surface area (Å²) >= 11 is 0.851. The monoisotopic (exact) mass is 369 g/mol. The van der Waals surface area contributed by atoms with E-state index in [-0.39, 0.29) is 15.5 Å². The number of carbonyl (C=O) groups is 1. The molecule has 1 aliphatic heterocycles. The van der Waals surface area contributed by atoms with Crippen molar-refractivity contribution in [2.24, 2.45) is 5.14 Å². The summed E-state index contributed by atoms with van der Waals surface area (Å²) < 4.78 is 36.7. The molecule has 0 aliphatic carbocycles. The van der Waals surface area contributed by atoms with Crippen molar-refractivity contribution in [3.05, 3.63) is 41.0 Å². The van der Waals surface area contributed by atoms with Gasteiger partial charge in [-0.15, -0.1) is 11.3 Å². The van der Waals surface area contributed by atoms with E-state index in [0.717, 1.165) is 37.3 Å². The number of rotatable bonds is 4. The Kier molecular flexibility index (Phi) is 4.57. The van der Waals surface area contributed by atoms with Crippen LogP contribution in [-0.2, 0) is 10.0 Å². The molecule has 2 heterocycles. The minimum atomic E-state index is -3.86. The van der Waals surface area contributed by atoms with E-state index in [2.05, 4.69) is 5.32 Å². The quantitative estimate of drug-likeness (QED) is 0.865. The Morgan fingerprint density at radius 1 is 1.29 bits per heavy atom. The Hall–Kier alpha value is -1.97. The van der Waals surface area contributed by atoms with E-state index in [1.165, 1.54) is 17.5 Å². The number of thiophene rings is 1. The van der Waals surface area contributed by atoms with Gasteiger partial charge in [-0.25, -0.2) is 17.9 Å². The lowest BCUT2D eigenvalue weighted by atomic mass is 10.2. The number of para-hydroxylation sites is 1. The topological polar surface area (TPSA) is 92.5 Å². The van der Waals surface area contributed by atoms with Crippen molar-refractivity contribution < 1.29 is 17.6 Å². The molecule has 0 saturated carbocycles. The molecule has 0 radical (unpaired) electrons. The predicted molar refractivity (Wildman–Crippen MR) is 91.5 cm³/mol. The number of benzene rings is 1. The van der Waals surface area contributed by atoms with E-state index in [9.17, 15) is 17.6 Å². The van der Waals surface area contributed by atoms with Gasteiger partial charge in [-0.3, -0.25) is 4.79 Å². The van der Waals surface area contributed by atoms with Gasteiger partial charge in [-0.05, 0) is 31.0 Å². The van der Waals surface area contributed by atoms with E-state index in [4.69, 9.17) is 5.14 Å². The minimum Gasteiger partial charge on any atom is -0.370 e. The highest BCUT2D eigenvalue weighted by Gasteiger charge is 2.21. The fourth-order valence-corrected chi connectivity index (χ4v) is 4.21. The summed E-state index contributed by atoms with van der Waals surface area (Å²) in [5, 5.41) is 8.97. The molecule has 1 aliphatic rings. The number of hydrogen-bond donors (Lipinski definition) is 2. The number of sulfonamides is 1. The van der Waals surface area contributed by atoms with Crippen molar-refractivity contribution >= 4 is 38.6 Å². The fraction of sp³-hybridized carbons (Fsp3) is 0.267. The lowest BCUT2D eigenvalue weighted by Gasteiger charge is -2.21. The van der Waals surface area contributed by atoms with Crippen molar-refractivity contribution in [1.82, 2.24) is 0 Å². The molecule has 128 valence electrons. The number of nitrogens with zero attached hydrogens (tertiary/aromatic N) is 1. The number of nitrogens with one attached hydrogen (secondary N) is 1. The van der Waals surface area contributed by atoms with Crippen LogP contribution in [0.5, 0.6) is 0 Å². The van der Waals surface area contributed by atoms with Gasteiger partial charge in [0.05, 0.1) is 11.3 Å². The van der Waals surface area contributed by atoms with Crippen LogP contribution in [0.4, 0.5) is 15.8 Å². The summed E-state index contributed by atoms with van der Waals surface area (Å²) in [5.74, 6) is -1.11. The zero-order valence-corrected chi connectivity index (χ0v) is 14.3. The van der Waals surface area contributed by atoms with Gasteiger partial charge in [0, 0.05) is 18.5 Å². The number of nitrogens with two attached hydrogens (primary N) is 1. The van der Waals surface area contributed by atoms with E-state index in [1.54, 1.807) is 12.1 Å². The third kappa shape index (κ3) is 3.42. The summed E-state index contributed by atoms with van der Waals surface area (Å²) in [6, 6.07) is 5.82. The van der Waals surface area contributed by atoms with Crippen LogP contribution in [0, 0.1) is 5.82 Å². The van der Waals surface area contributed by atoms with Crippen LogP contribution in [0.15, 0.2) is 33.9 Å². The fourth-order valence-electron chi connectivity index (χ4n) is 2.63. The smallest absolute Gasteiger partial charge is 0.256 e. The Labute approximate surface area is 143 Å². The van der Waals surface area contributed by atoms with Gasteiger partial charge in [0.25, 0.3) is 5.91 Å². The van der Waals surface area contributed by atoms with E-state index < -0.39 is 21.7 Å². The van der Waals surface area contributed by atoms with E-state index in [1.807, 2.05) is 4.90 Å². The van der Waals surface area contributed by atoms with E-state index >= 15 is 0 Å². The van der Waals surface area contributed by atoms with Crippen molar-refractivity contribution in [3.63, 3.8) is 0 Å². The Morgan fingerprint density at radius 2 is 2.00 bits per heavy atom. The molecule has 0 spiro atoms. The third-order valence-corrected chi connectivity index (χ3v) is 6.18. The zero-order valence-electron chi connectivity index (χ0n) is 12.7. The van der Waals surface area contributed by atoms with Crippen LogP contribution in [0.25, 0.3) is 0 Å². The van der Waals surface area contributed by atoms with Crippen molar-refractivity contribution in [2.75, 3.05) is 23.3 Å². The molecule has 2 aromatic rings. The number of halogens is 1. The summed E-state index contributed by atoms with van der Waals surface area (Å²) in [6.45, 7) is 1.61. The van der Waals surface area contributed by atoms with Crippen molar-refractivity contribution in [3.8, 4) is 0 Å². The maximum Gasteiger partial charge on any atom is 0.256 e. The highest BCUT2D eigenvalue weighted by molar-refractivity contribution is 7.91. The average molecular weight is 369 g/mol. The van der Waals surface area contributed by atoms with Gasteiger partial charge >= 0.3 is 0 Å². The summed E-state index contributed by atoms with van der Waals surface area (Å²) in [7, 11) is -3.86. The number of primary sulfonamides is 1. The molecule has 1 aromatic heterocycles. The summed E-state index contributed by atoms with van der Waals surface area (Å²) in [4.78, 5) is 14.4. The van der Waals surface area contributed by atoms with Gasteiger partial charge in [-0.1, -0.05) is 6.07 Å². The lowest BCUT2D eigenvalue weighted by molar-refractivity contribution is 0.102. The van der Waals surface area contributed by atoms with Crippen molar-refractivity contribution in [2.45, 2.75) is 17.1 Å². The van der Waals surface area contributed by atoms with Crippen LogP contribution < -0.4 is 15.4 Å². The molecule has 9 heteroatoms. The van der Waals surface area contributed by atoms with Gasteiger partial charge in [-0.2, -0.15) is 0 Å². The summed E-state index contributed by atoms with van der Waals surface area (Å²) in [5.41, 5.74) is 0.857. The second-order valence-electron chi connectivity index (χ2n) is 5.48. The number of anilines is 2. The average Bonchev–Trinajstić information content (AvgIpc) is 3.20. The predicted octanol–water partition coefficient (Wildman–Crippen LogP) is 2.39. The molecular weight excluding hydrogens is 353 g/mol. The van der Waals surface area contributed by atoms with E-state index in [0.29, 0.717) is 5.69 Å². The van der Waals surface area contributed by atoms with Crippen LogP contribution in [-0.4, -0.2) is 27.4 Å². The Morgan fingerprint density at radius 3 is 2.62 bits per heavy atom. The standard InChI is InChI=1S/C15H16FN3O3S2/c16-11-4-3-5-12(19-6-1-2-7-19)14(11)18-15(20)10-8-13(23-9-10)24(17,21)22/h3-5,8-9H,1-2,6-7H2,(H,18,20)(H2,17,21,22). The maximum atomic E-state index is 14.2. The van der Waals surface area contributed by atoms with Crippen molar-refractivity contribution in [1.29, 1.82) is 0 Å². The van der Waals surface area contributed by atoms with Gasteiger partial charge in [0.2, 0.25) is 10.0 Å². The number of hydrogen-bond acceptors (Lipinski definition) is 5. The Balaban J connectivity index is 1.88. The highest BCUT2D eigenvalue weighted by Crippen LogP contribution is 2.32. The second kappa shape index (κ2) is 6.50. The van der Waals surface area contributed by atoms with Crippen LogP contribution in [0.2, 0.25) is 0 Å². The molecular formula is C15H16FN3O3S2. The molecule has 1 saturated heterocycles. The largest absolute Gasteiger partial charge is 0.370 e.